The monoisotopic (exact) mass is 162 g/mol. The van der Waals surface area contributed by atoms with E-state index in [1.54, 1.807) is 0 Å². The van der Waals surface area contributed by atoms with Crippen LogP contribution in [0.3, 0.4) is 0 Å². The van der Waals surface area contributed by atoms with E-state index in [1.807, 2.05) is 12.1 Å². The second-order valence-corrected chi connectivity index (χ2v) is 2.76. The van der Waals surface area contributed by atoms with Crippen LogP contribution in [0.4, 0.5) is 0 Å². The maximum Gasteiger partial charge on any atom is 0.0666 e. The average Bonchev–Trinajstić information content (AvgIpc) is 2.10. The molecule has 0 aromatic rings. The van der Waals surface area contributed by atoms with Crippen molar-refractivity contribution in [3.63, 3.8) is 0 Å². The number of nitriles is 2. The van der Waals surface area contributed by atoms with E-state index >= 15 is 0 Å². The highest BCUT2D eigenvalue weighted by atomic mass is 14.3. The Morgan fingerprint density at radius 1 is 1.33 bits per heavy atom. The normalized spacial score (nSPS) is 11.2. The molecule has 0 saturated heterocycles. The summed E-state index contributed by atoms with van der Waals surface area (Å²) < 4.78 is 0. The zero-order chi connectivity index (χ0) is 9.23. The molecular formula is C10H14N2. The fraction of sp³-hybridized carbons (Fsp3) is 0.600. The molecule has 0 rings (SSSR count). The van der Waals surface area contributed by atoms with Crippen molar-refractivity contribution in [3.8, 4) is 12.1 Å². The molecule has 0 fully saturated rings. The quantitative estimate of drug-likeness (QED) is 0.445. The molecular weight excluding hydrogens is 148 g/mol. The maximum absolute atomic E-state index is 8.59. The van der Waals surface area contributed by atoms with E-state index in [-0.39, 0.29) is 5.92 Å². The van der Waals surface area contributed by atoms with Gasteiger partial charge in [0.2, 0.25) is 0 Å². The van der Waals surface area contributed by atoms with Gasteiger partial charge in [0.1, 0.15) is 0 Å². The van der Waals surface area contributed by atoms with Crippen LogP contribution >= 0.6 is 0 Å². The first-order valence-corrected chi connectivity index (χ1v) is 4.22. The van der Waals surface area contributed by atoms with Crippen molar-refractivity contribution in [1.29, 1.82) is 10.5 Å². The molecule has 2 heteroatoms. The second-order valence-electron chi connectivity index (χ2n) is 2.76. The van der Waals surface area contributed by atoms with E-state index in [0.717, 1.165) is 25.7 Å². The van der Waals surface area contributed by atoms with Crippen molar-refractivity contribution in [2.45, 2.75) is 32.1 Å². The van der Waals surface area contributed by atoms with E-state index in [4.69, 9.17) is 10.5 Å². The summed E-state index contributed by atoms with van der Waals surface area (Å²) >= 11 is 0. The fourth-order valence-corrected chi connectivity index (χ4v) is 1.00. The summed E-state index contributed by atoms with van der Waals surface area (Å²) in [5.41, 5.74) is 0. The van der Waals surface area contributed by atoms with E-state index in [0.29, 0.717) is 6.42 Å². The highest BCUT2D eigenvalue weighted by molar-refractivity contribution is 4.89. The van der Waals surface area contributed by atoms with Crippen molar-refractivity contribution < 1.29 is 0 Å². The van der Waals surface area contributed by atoms with Crippen LogP contribution in [0, 0.1) is 28.6 Å². The first kappa shape index (κ1) is 10.7. The van der Waals surface area contributed by atoms with Gasteiger partial charge in [-0.3, -0.25) is 0 Å². The average molecular weight is 162 g/mol. The zero-order valence-corrected chi connectivity index (χ0v) is 7.29. The molecule has 0 aliphatic rings. The standard InChI is InChI=1S/C10H14N2/c1-2-3-4-5-6-10(9-12)7-8-11/h2,10H,1,3-7H2. The Kier molecular flexibility index (Phi) is 6.99. The molecule has 1 atom stereocenters. The van der Waals surface area contributed by atoms with Gasteiger partial charge in [-0.05, 0) is 19.3 Å². The van der Waals surface area contributed by atoms with Gasteiger partial charge >= 0.3 is 0 Å². The summed E-state index contributed by atoms with van der Waals surface area (Å²) in [7, 11) is 0. The molecule has 0 amide bonds. The van der Waals surface area contributed by atoms with Gasteiger partial charge < -0.3 is 0 Å². The Balaban J connectivity index is 3.41. The van der Waals surface area contributed by atoms with Gasteiger partial charge in [-0.1, -0.05) is 12.5 Å². The van der Waals surface area contributed by atoms with Crippen LogP contribution in [0.2, 0.25) is 0 Å². The predicted molar refractivity (Wildman–Crippen MR) is 48.0 cm³/mol. The molecule has 0 aliphatic carbocycles. The second kappa shape index (κ2) is 7.82. The van der Waals surface area contributed by atoms with E-state index in [2.05, 4.69) is 12.6 Å². The van der Waals surface area contributed by atoms with E-state index in [9.17, 15) is 0 Å². The summed E-state index contributed by atoms with van der Waals surface area (Å²) in [4.78, 5) is 0. The molecule has 0 aliphatic heterocycles. The molecule has 0 aromatic heterocycles. The summed E-state index contributed by atoms with van der Waals surface area (Å²) in [6, 6.07) is 4.15. The van der Waals surface area contributed by atoms with Gasteiger partial charge in [-0.2, -0.15) is 10.5 Å². The van der Waals surface area contributed by atoms with Crippen LogP contribution in [0.1, 0.15) is 32.1 Å². The molecule has 1 unspecified atom stereocenters. The molecule has 2 nitrogen and oxygen atoms in total. The Labute approximate surface area is 74.1 Å². The third kappa shape index (κ3) is 5.50. The van der Waals surface area contributed by atoms with Crippen molar-refractivity contribution in [2.24, 2.45) is 5.92 Å². The molecule has 0 radical (unpaired) electrons. The van der Waals surface area contributed by atoms with Crippen LogP contribution in [-0.4, -0.2) is 0 Å². The topological polar surface area (TPSA) is 47.6 Å². The summed E-state index contributed by atoms with van der Waals surface area (Å²) in [6.45, 7) is 3.62. The van der Waals surface area contributed by atoms with Crippen LogP contribution in [-0.2, 0) is 0 Å². The summed E-state index contributed by atoms with van der Waals surface area (Å²) in [5, 5.41) is 16.9. The highest BCUT2D eigenvalue weighted by Gasteiger charge is 2.04. The molecule has 0 spiro atoms. The third-order valence-corrected chi connectivity index (χ3v) is 1.73. The zero-order valence-electron chi connectivity index (χ0n) is 7.29. The smallest absolute Gasteiger partial charge is 0.0666 e. The van der Waals surface area contributed by atoms with Crippen molar-refractivity contribution >= 4 is 0 Å². The molecule has 0 aromatic carbocycles. The summed E-state index contributed by atoms with van der Waals surface area (Å²) in [6.07, 6.45) is 6.19. The lowest BCUT2D eigenvalue weighted by Crippen LogP contribution is -1.94. The first-order chi connectivity index (χ1) is 5.85. The predicted octanol–water partition coefficient (Wildman–Crippen LogP) is 2.79. The number of rotatable bonds is 6. The summed E-state index contributed by atoms with van der Waals surface area (Å²) in [5.74, 6) is -0.0696. The number of unbranched alkanes of at least 4 members (excludes halogenated alkanes) is 2. The largest absolute Gasteiger partial charge is 0.198 e. The highest BCUT2D eigenvalue weighted by Crippen LogP contribution is 2.12. The SMILES string of the molecule is C=CCCCCC(C#N)CC#N. The molecule has 12 heavy (non-hydrogen) atoms. The van der Waals surface area contributed by atoms with Crippen LogP contribution < -0.4 is 0 Å². The number of nitrogens with zero attached hydrogens (tertiary/aromatic N) is 2. The lowest BCUT2D eigenvalue weighted by Gasteiger charge is -2.01. The Bertz CT molecular complexity index is 195. The lowest BCUT2D eigenvalue weighted by molar-refractivity contribution is 0.564. The van der Waals surface area contributed by atoms with E-state index in [1.165, 1.54) is 0 Å². The number of hydrogen-bond donors (Lipinski definition) is 0. The van der Waals surface area contributed by atoms with Crippen molar-refractivity contribution in [2.75, 3.05) is 0 Å². The fourth-order valence-electron chi connectivity index (χ4n) is 1.00. The van der Waals surface area contributed by atoms with Crippen molar-refractivity contribution in [1.82, 2.24) is 0 Å². The van der Waals surface area contributed by atoms with Gasteiger partial charge in [0, 0.05) is 0 Å². The lowest BCUT2D eigenvalue weighted by atomic mass is 10.0. The third-order valence-electron chi connectivity index (χ3n) is 1.73. The van der Waals surface area contributed by atoms with Crippen LogP contribution in [0.5, 0.6) is 0 Å². The molecule has 0 bridgehead atoms. The number of allylic oxidation sites excluding steroid dienone is 1. The molecule has 0 saturated carbocycles. The van der Waals surface area contributed by atoms with Gasteiger partial charge in [0.15, 0.2) is 0 Å². The van der Waals surface area contributed by atoms with Gasteiger partial charge in [-0.25, -0.2) is 0 Å². The Morgan fingerprint density at radius 2 is 2.08 bits per heavy atom. The van der Waals surface area contributed by atoms with Gasteiger partial charge in [-0.15, -0.1) is 6.58 Å². The Hall–Kier alpha value is -1.28. The van der Waals surface area contributed by atoms with Crippen molar-refractivity contribution in [3.05, 3.63) is 12.7 Å². The van der Waals surface area contributed by atoms with E-state index < -0.39 is 0 Å². The number of hydrogen-bond acceptors (Lipinski definition) is 2. The minimum atomic E-state index is -0.0696. The first-order valence-electron chi connectivity index (χ1n) is 4.22. The maximum atomic E-state index is 8.59. The van der Waals surface area contributed by atoms with Crippen LogP contribution in [0.25, 0.3) is 0 Å². The molecule has 0 heterocycles. The molecule has 64 valence electrons. The molecule has 0 N–H and O–H groups in total. The minimum absolute atomic E-state index is 0.0696. The van der Waals surface area contributed by atoms with Crippen LogP contribution in [0.15, 0.2) is 12.7 Å². The van der Waals surface area contributed by atoms with Gasteiger partial charge in [0.25, 0.3) is 0 Å². The minimum Gasteiger partial charge on any atom is -0.198 e. The van der Waals surface area contributed by atoms with Gasteiger partial charge in [0.05, 0.1) is 24.5 Å². The Morgan fingerprint density at radius 3 is 2.58 bits per heavy atom.